The molecule has 0 unspecified atom stereocenters. The first-order valence-corrected chi connectivity index (χ1v) is 34.1. The molecule has 95 heavy (non-hydrogen) atoms. The first-order chi connectivity index (χ1) is 45.1. The number of methoxy groups -OCH3 is 1. The highest BCUT2D eigenvalue weighted by molar-refractivity contribution is 5.75. The summed E-state index contributed by atoms with van der Waals surface area (Å²) in [6.45, 7) is 35.4. The lowest BCUT2D eigenvalue weighted by Gasteiger charge is -2.19. The van der Waals surface area contributed by atoms with E-state index in [0.717, 1.165) is 104 Å². The van der Waals surface area contributed by atoms with Gasteiger partial charge in [0.05, 0.1) is 17.7 Å². The number of phenolic OH excluding ortho intramolecular Hbond substituents is 2. The Kier molecular flexibility index (Phi) is 28.0. The van der Waals surface area contributed by atoms with E-state index >= 15 is 0 Å². The van der Waals surface area contributed by atoms with Gasteiger partial charge in [-0.3, -0.25) is 0 Å². The van der Waals surface area contributed by atoms with Gasteiger partial charge < -0.3 is 29.2 Å². The molecule has 0 bridgehead atoms. The van der Waals surface area contributed by atoms with Crippen molar-refractivity contribution < 1.29 is 34.0 Å². The first kappa shape index (κ1) is 75.5. The molecule has 506 valence electrons. The van der Waals surface area contributed by atoms with E-state index in [1.807, 2.05) is 66.7 Å². The molecule has 0 amide bonds. The molecule has 14 heteroatoms. The Morgan fingerprint density at radius 3 is 1.02 bits per heavy atom. The highest BCUT2D eigenvalue weighted by atomic mass is 16.6. The van der Waals surface area contributed by atoms with E-state index < -0.39 is 5.97 Å². The summed E-state index contributed by atoms with van der Waals surface area (Å²) in [5.41, 5.74) is 11.2. The topological polar surface area (TPSA) is 196 Å². The van der Waals surface area contributed by atoms with Crippen LogP contribution in [-0.2, 0) is 48.8 Å². The van der Waals surface area contributed by atoms with Crippen molar-refractivity contribution in [2.45, 2.75) is 209 Å². The fourth-order valence-corrected chi connectivity index (χ4v) is 10.5. The van der Waals surface area contributed by atoms with E-state index in [2.05, 4.69) is 152 Å². The Balaban J connectivity index is 0.000000277. The number of hydrogen-bond acceptors (Lipinski definition) is 14. The normalized spacial score (nSPS) is 11.6. The Morgan fingerprint density at radius 1 is 0.432 bits per heavy atom. The first-order valence-electron chi connectivity index (χ1n) is 34.1. The Labute approximate surface area is 567 Å². The molecule has 14 nitrogen and oxygen atoms in total. The summed E-state index contributed by atoms with van der Waals surface area (Å²) in [7, 11) is 1.73. The van der Waals surface area contributed by atoms with Crippen LogP contribution in [0.2, 0.25) is 0 Å². The minimum Gasteiger partial charge on any atom is -0.507 e. The molecule has 6 aromatic carbocycles. The summed E-state index contributed by atoms with van der Waals surface area (Å²) < 4.78 is 21.4. The average molecular weight is 1290 g/mol. The van der Waals surface area contributed by atoms with Gasteiger partial charge in [0.15, 0.2) is 48.2 Å². The minimum atomic E-state index is -0.454. The van der Waals surface area contributed by atoms with Crippen molar-refractivity contribution in [3.63, 3.8) is 0 Å². The van der Waals surface area contributed by atoms with Crippen LogP contribution in [0.15, 0.2) is 121 Å². The monoisotopic (exact) mass is 1290 g/mol. The number of carbonyl (C=O) groups excluding carboxylic acids is 1. The van der Waals surface area contributed by atoms with Crippen LogP contribution in [0.25, 0.3) is 68.3 Å². The number of ether oxygens (including phenoxy) is 4. The lowest BCUT2D eigenvalue weighted by atomic mass is 9.86. The number of aromatic nitrogens is 6. The maximum atomic E-state index is 12.1. The summed E-state index contributed by atoms with van der Waals surface area (Å²) in [4.78, 5) is 41.4. The molecule has 2 N–H and O–H groups in total. The van der Waals surface area contributed by atoms with Crippen LogP contribution in [0, 0.1) is 11.3 Å². The van der Waals surface area contributed by atoms with E-state index in [9.17, 15) is 15.0 Å². The van der Waals surface area contributed by atoms with Crippen LogP contribution >= 0.6 is 0 Å². The van der Waals surface area contributed by atoms with Crippen LogP contribution in [0.5, 0.6) is 23.0 Å². The number of nitriles is 1. The quantitative estimate of drug-likeness (QED) is 0.0405. The summed E-state index contributed by atoms with van der Waals surface area (Å²) >= 11 is 0. The molecule has 8 rings (SSSR count). The Bertz CT molecular complexity index is 3600. The van der Waals surface area contributed by atoms with Crippen molar-refractivity contribution in [2.75, 3.05) is 33.5 Å². The zero-order valence-electron chi connectivity index (χ0n) is 59.9. The zero-order valence-corrected chi connectivity index (χ0v) is 59.9. The predicted octanol–water partition coefficient (Wildman–Crippen LogP) is 19.9. The van der Waals surface area contributed by atoms with E-state index in [1.165, 1.54) is 35.1 Å². The lowest BCUT2D eigenvalue weighted by molar-refractivity contribution is -0.145. The fourth-order valence-electron chi connectivity index (χ4n) is 10.5. The molecule has 0 saturated carbocycles. The van der Waals surface area contributed by atoms with Crippen molar-refractivity contribution >= 4 is 5.97 Å². The number of hydrogen-bond donors (Lipinski definition) is 2. The van der Waals surface area contributed by atoms with Crippen molar-refractivity contribution in [3.05, 3.63) is 155 Å². The number of nitrogens with zero attached hydrogens (tertiary/aromatic N) is 7. The van der Waals surface area contributed by atoms with Crippen molar-refractivity contribution in [1.29, 1.82) is 5.26 Å². The summed E-state index contributed by atoms with van der Waals surface area (Å²) in [5, 5.41) is 31.6. The molecule has 0 aliphatic rings. The highest BCUT2D eigenvalue weighted by Gasteiger charge is 2.24. The number of carbonyl (C=O) groups is 1. The molecule has 0 aliphatic carbocycles. The van der Waals surface area contributed by atoms with E-state index in [4.69, 9.17) is 54.1 Å². The average Bonchev–Trinajstić information content (AvgIpc) is 0.811. The SMILES string of the molecule is CCCCCCc1cc(-c2nc(-c3ccc(C(C)(C)C)cc3)nc(-c3ccc(C(C)(C)C)cc3)n2)c(O)cc1OCC#N.CCCCCCc1cc(-c2nc(-c3ccc(C(C)(C)C)cc3)nc(-c3ccc(C(C)(C)C)cc3)n2)c(O)cc1OCC(=O)OCC.CCCCOC. The van der Waals surface area contributed by atoms with Gasteiger partial charge in [-0.1, -0.05) is 246 Å². The molecule has 0 aliphatic heterocycles. The largest absolute Gasteiger partial charge is 0.507 e. The van der Waals surface area contributed by atoms with Gasteiger partial charge in [0.2, 0.25) is 0 Å². The summed E-state index contributed by atoms with van der Waals surface area (Å²) in [5.74, 6) is 3.35. The van der Waals surface area contributed by atoms with Crippen LogP contribution in [0.1, 0.15) is 208 Å². The molecule has 0 radical (unpaired) electrons. The fraction of sp³-hybridized carbons (Fsp3) is 0.457. The van der Waals surface area contributed by atoms with Gasteiger partial charge in [-0.05, 0) is 106 Å². The molecule has 2 heterocycles. The summed E-state index contributed by atoms with van der Waals surface area (Å²) in [6.07, 6.45) is 12.5. The van der Waals surface area contributed by atoms with E-state index in [1.54, 1.807) is 26.2 Å². The van der Waals surface area contributed by atoms with Gasteiger partial charge in [0.25, 0.3) is 0 Å². The molecule has 2 aromatic heterocycles. The van der Waals surface area contributed by atoms with Crippen molar-refractivity contribution in [2.24, 2.45) is 0 Å². The van der Waals surface area contributed by atoms with E-state index in [0.29, 0.717) is 57.6 Å². The molecule has 0 spiro atoms. The van der Waals surface area contributed by atoms with Crippen LogP contribution < -0.4 is 9.47 Å². The third-order valence-corrected chi connectivity index (χ3v) is 16.4. The smallest absolute Gasteiger partial charge is 0.344 e. The molecule has 0 saturated heterocycles. The Hall–Kier alpha value is -8.54. The van der Waals surface area contributed by atoms with Gasteiger partial charge in [-0.2, -0.15) is 5.26 Å². The molecular weight excluding hydrogens is 1180 g/mol. The zero-order chi connectivity index (χ0) is 69.5. The molecule has 8 aromatic rings. The summed E-state index contributed by atoms with van der Waals surface area (Å²) in [6, 6.07) is 42.2. The maximum Gasteiger partial charge on any atom is 0.344 e. The molecule has 0 fully saturated rings. The maximum absolute atomic E-state index is 12.1. The van der Waals surface area contributed by atoms with Gasteiger partial charge in [0, 0.05) is 48.1 Å². The van der Waals surface area contributed by atoms with Crippen molar-refractivity contribution in [3.8, 4) is 97.4 Å². The number of esters is 1. The second-order valence-electron chi connectivity index (χ2n) is 28.4. The van der Waals surface area contributed by atoms with E-state index in [-0.39, 0.29) is 53.0 Å². The number of benzene rings is 6. The second-order valence-corrected chi connectivity index (χ2v) is 28.4. The third kappa shape index (κ3) is 22.6. The van der Waals surface area contributed by atoms with Crippen LogP contribution in [0.4, 0.5) is 0 Å². The second kappa shape index (κ2) is 35.3. The minimum absolute atomic E-state index is 0.000455. The van der Waals surface area contributed by atoms with Gasteiger partial charge in [-0.25, -0.2) is 34.7 Å². The standard InChI is InChI=1S/C39H49N3O4.C37H44N4O2.C5H12O/c1-9-11-12-13-14-28-23-31(32(43)24-33(28)46-25-34(44)45-10-2)37-41-35(26-15-19-29(20-16-26)38(3,4)5)40-36(42-37)27-17-21-30(22-18-27)39(6,7)8;1-8-9-10-11-12-27-23-30(31(42)24-32(27)43-22-21-38)35-40-33(25-13-17-28(18-14-25)36(2,3)4)39-34(41-35)26-15-19-29(20-16-26)37(5,6)7;1-3-4-5-6-2/h15-24,43H,9-14,25H2,1-8H3;13-20,23-24,42H,8-12,22H2,1-7H3;3-5H2,1-2H3. The van der Waals surface area contributed by atoms with Gasteiger partial charge in [0.1, 0.15) is 29.1 Å². The number of aryl methyl sites for hydroxylation is 2. The number of aromatic hydroxyl groups is 2. The van der Waals surface area contributed by atoms with Gasteiger partial charge >= 0.3 is 5.97 Å². The Morgan fingerprint density at radius 2 is 0.747 bits per heavy atom. The number of phenols is 2. The lowest BCUT2D eigenvalue weighted by Crippen LogP contribution is -2.15. The predicted molar refractivity (Wildman–Crippen MR) is 386 cm³/mol. The van der Waals surface area contributed by atoms with Gasteiger partial charge in [-0.15, -0.1) is 0 Å². The molecule has 0 atom stereocenters. The highest BCUT2D eigenvalue weighted by Crippen LogP contribution is 2.40. The van der Waals surface area contributed by atoms with Crippen LogP contribution in [-0.4, -0.2) is 79.6 Å². The number of unbranched alkanes of at least 4 members (excludes halogenated alkanes) is 7. The van der Waals surface area contributed by atoms with Crippen molar-refractivity contribution in [1.82, 2.24) is 29.9 Å². The number of rotatable bonds is 25. The molecular formula is C81H105N7O7. The third-order valence-electron chi connectivity index (χ3n) is 16.4. The van der Waals surface area contributed by atoms with Crippen LogP contribution in [0.3, 0.4) is 0 Å².